The van der Waals surface area contributed by atoms with Gasteiger partial charge in [-0.2, -0.15) is 4.31 Å². The molecule has 1 unspecified atom stereocenters. The summed E-state index contributed by atoms with van der Waals surface area (Å²) in [7, 11) is -3.48. The third-order valence-electron chi connectivity index (χ3n) is 3.92. The molecule has 0 spiro atoms. The first-order chi connectivity index (χ1) is 9.50. The molecule has 1 atom stereocenters. The Kier molecular flexibility index (Phi) is 3.27. The number of amides is 1. The van der Waals surface area contributed by atoms with E-state index in [1.165, 1.54) is 4.31 Å². The molecule has 1 fully saturated rings. The average Bonchev–Trinajstić information content (AvgIpc) is 3.02. The van der Waals surface area contributed by atoms with E-state index in [1.54, 1.807) is 18.2 Å². The van der Waals surface area contributed by atoms with Crippen LogP contribution in [0.2, 0.25) is 0 Å². The van der Waals surface area contributed by atoms with Crippen molar-refractivity contribution in [2.24, 2.45) is 11.7 Å². The lowest BCUT2D eigenvalue weighted by Gasteiger charge is -2.16. The Bertz CT molecular complexity index is 657. The van der Waals surface area contributed by atoms with Crippen molar-refractivity contribution < 1.29 is 13.2 Å². The Balaban J connectivity index is 1.89. The molecule has 1 saturated heterocycles. The van der Waals surface area contributed by atoms with E-state index in [0.29, 0.717) is 25.3 Å². The fraction of sp³-hybridized carbons (Fsp3) is 0.462. The van der Waals surface area contributed by atoms with E-state index >= 15 is 0 Å². The topological polar surface area (TPSA) is 92.5 Å². The van der Waals surface area contributed by atoms with Crippen molar-refractivity contribution in [1.82, 2.24) is 4.31 Å². The standard InChI is InChI=1S/C13H17N3O3S/c14-7-9-3-4-16(8-9)20(18,19)11-1-2-12-10(5-11)6-13(17)15-12/h1-2,5,9H,3-4,6-8,14H2,(H,15,17). The fourth-order valence-corrected chi connectivity index (χ4v) is 4.31. The lowest BCUT2D eigenvalue weighted by atomic mass is 10.1. The van der Waals surface area contributed by atoms with Gasteiger partial charge in [0.05, 0.1) is 11.3 Å². The number of nitrogens with zero attached hydrogens (tertiary/aromatic N) is 1. The molecule has 108 valence electrons. The van der Waals surface area contributed by atoms with Crippen LogP contribution in [0.5, 0.6) is 0 Å². The Morgan fingerprint density at radius 3 is 2.90 bits per heavy atom. The van der Waals surface area contributed by atoms with Crippen LogP contribution < -0.4 is 11.1 Å². The van der Waals surface area contributed by atoms with Crippen LogP contribution in [0, 0.1) is 5.92 Å². The Morgan fingerprint density at radius 2 is 2.20 bits per heavy atom. The summed E-state index contributed by atoms with van der Waals surface area (Å²) in [5, 5.41) is 2.70. The number of fused-ring (bicyclic) bond motifs is 1. The molecule has 1 amide bonds. The molecule has 2 aliphatic heterocycles. The molecule has 2 aliphatic rings. The first-order valence-electron chi connectivity index (χ1n) is 6.63. The molecule has 1 aromatic rings. The molecule has 0 aromatic heterocycles. The molecule has 3 N–H and O–H groups in total. The van der Waals surface area contributed by atoms with Crippen molar-refractivity contribution in [2.75, 3.05) is 25.0 Å². The second-order valence-corrected chi connectivity index (χ2v) is 7.24. The minimum Gasteiger partial charge on any atom is -0.330 e. The number of nitrogens with one attached hydrogen (secondary N) is 1. The number of anilines is 1. The number of nitrogens with two attached hydrogens (primary N) is 1. The van der Waals surface area contributed by atoms with Crippen molar-refractivity contribution in [1.29, 1.82) is 0 Å². The monoisotopic (exact) mass is 295 g/mol. The SMILES string of the molecule is NCC1CCN(S(=O)(=O)c2ccc3c(c2)CC(=O)N3)C1. The molecular formula is C13H17N3O3S. The van der Waals surface area contributed by atoms with Gasteiger partial charge in [0, 0.05) is 18.8 Å². The summed E-state index contributed by atoms with van der Waals surface area (Å²) in [6.07, 6.45) is 1.05. The summed E-state index contributed by atoms with van der Waals surface area (Å²) in [6.45, 7) is 1.50. The van der Waals surface area contributed by atoms with Crippen molar-refractivity contribution in [3.8, 4) is 0 Å². The summed E-state index contributed by atoms with van der Waals surface area (Å²) < 4.78 is 26.6. The normalized spacial score (nSPS) is 22.9. The Hall–Kier alpha value is -1.44. The lowest BCUT2D eigenvalue weighted by Crippen LogP contribution is -2.30. The number of rotatable bonds is 3. The molecule has 1 aromatic carbocycles. The van der Waals surface area contributed by atoms with Gasteiger partial charge in [0.25, 0.3) is 0 Å². The summed E-state index contributed by atoms with van der Waals surface area (Å²) in [4.78, 5) is 11.6. The Labute approximate surface area is 118 Å². The van der Waals surface area contributed by atoms with Crippen LogP contribution in [-0.4, -0.2) is 38.3 Å². The maximum absolute atomic E-state index is 12.6. The highest BCUT2D eigenvalue weighted by Crippen LogP contribution is 2.29. The van der Waals surface area contributed by atoms with Crippen LogP contribution in [0.1, 0.15) is 12.0 Å². The zero-order valence-corrected chi connectivity index (χ0v) is 11.8. The second-order valence-electron chi connectivity index (χ2n) is 5.30. The van der Waals surface area contributed by atoms with Gasteiger partial charge < -0.3 is 11.1 Å². The summed E-state index contributed by atoms with van der Waals surface area (Å²) in [6, 6.07) is 4.80. The van der Waals surface area contributed by atoms with E-state index in [1.807, 2.05) is 0 Å². The molecule has 20 heavy (non-hydrogen) atoms. The van der Waals surface area contributed by atoms with Crippen LogP contribution >= 0.6 is 0 Å². The highest BCUT2D eigenvalue weighted by Gasteiger charge is 2.32. The maximum atomic E-state index is 12.6. The van der Waals surface area contributed by atoms with Gasteiger partial charge >= 0.3 is 0 Å². The van der Waals surface area contributed by atoms with E-state index in [9.17, 15) is 13.2 Å². The molecule has 2 heterocycles. The van der Waals surface area contributed by atoms with Crippen molar-refractivity contribution in [3.05, 3.63) is 23.8 Å². The van der Waals surface area contributed by atoms with Crippen molar-refractivity contribution in [3.63, 3.8) is 0 Å². The number of carbonyl (C=O) groups is 1. The largest absolute Gasteiger partial charge is 0.330 e. The van der Waals surface area contributed by atoms with Gasteiger partial charge in [-0.15, -0.1) is 0 Å². The lowest BCUT2D eigenvalue weighted by molar-refractivity contribution is -0.115. The van der Waals surface area contributed by atoms with Crippen molar-refractivity contribution >= 4 is 21.6 Å². The van der Waals surface area contributed by atoms with Gasteiger partial charge in [0.15, 0.2) is 0 Å². The fourth-order valence-electron chi connectivity index (χ4n) is 2.72. The van der Waals surface area contributed by atoms with E-state index in [2.05, 4.69) is 5.32 Å². The zero-order valence-electron chi connectivity index (χ0n) is 11.0. The van der Waals surface area contributed by atoms with Gasteiger partial charge in [-0.1, -0.05) is 0 Å². The number of hydrogen-bond donors (Lipinski definition) is 2. The van der Waals surface area contributed by atoms with Crippen LogP contribution in [0.15, 0.2) is 23.1 Å². The second kappa shape index (κ2) is 4.83. The average molecular weight is 295 g/mol. The summed E-state index contributed by atoms with van der Waals surface area (Å²) in [5.74, 6) is 0.140. The van der Waals surface area contributed by atoms with E-state index in [-0.39, 0.29) is 23.1 Å². The van der Waals surface area contributed by atoms with Gasteiger partial charge in [0.2, 0.25) is 15.9 Å². The molecule has 6 nitrogen and oxygen atoms in total. The molecule has 0 bridgehead atoms. The number of sulfonamides is 1. The third kappa shape index (κ3) is 2.21. The number of benzene rings is 1. The van der Waals surface area contributed by atoms with E-state index in [4.69, 9.17) is 5.73 Å². The van der Waals surface area contributed by atoms with Crippen LogP contribution in [0.25, 0.3) is 0 Å². The van der Waals surface area contributed by atoms with Gasteiger partial charge in [-0.05, 0) is 42.6 Å². The molecule has 0 radical (unpaired) electrons. The molecular weight excluding hydrogens is 278 g/mol. The molecule has 0 saturated carbocycles. The summed E-state index contributed by atoms with van der Waals surface area (Å²) >= 11 is 0. The first-order valence-corrected chi connectivity index (χ1v) is 8.07. The number of carbonyl (C=O) groups excluding carboxylic acids is 1. The van der Waals surface area contributed by atoms with E-state index < -0.39 is 10.0 Å². The van der Waals surface area contributed by atoms with Crippen molar-refractivity contribution in [2.45, 2.75) is 17.7 Å². The number of hydrogen-bond acceptors (Lipinski definition) is 4. The molecule has 0 aliphatic carbocycles. The Morgan fingerprint density at radius 1 is 1.40 bits per heavy atom. The molecule has 3 rings (SSSR count). The minimum absolute atomic E-state index is 0.0982. The smallest absolute Gasteiger partial charge is 0.243 e. The highest BCUT2D eigenvalue weighted by molar-refractivity contribution is 7.89. The first kappa shape index (κ1) is 13.5. The minimum atomic E-state index is -3.48. The zero-order chi connectivity index (χ0) is 14.3. The predicted octanol–water partition coefficient (Wildman–Crippen LogP) is 0.150. The van der Waals surface area contributed by atoms with Crippen LogP contribution in [0.3, 0.4) is 0 Å². The summed E-state index contributed by atoms with van der Waals surface area (Å²) in [5.41, 5.74) is 7.05. The molecule has 7 heteroatoms. The van der Waals surface area contributed by atoms with Gasteiger partial charge in [-0.3, -0.25) is 4.79 Å². The van der Waals surface area contributed by atoms with Crippen LogP contribution in [-0.2, 0) is 21.2 Å². The maximum Gasteiger partial charge on any atom is 0.243 e. The van der Waals surface area contributed by atoms with Crippen LogP contribution in [0.4, 0.5) is 5.69 Å². The third-order valence-corrected chi connectivity index (χ3v) is 5.78. The highest BCUT2D eigenvalue weighted by atomic mass is 32.2. The predicted molar refractivity (Wildman–Crippen MR) is 74.7 cm³/mol. The van der Waals surface area contributed by atoms with Gasteiger partial charge in [-0.25, -0.2) is 8.42 Å². The quantitative estimate of drug-likeness (QED) is 0.830. The van der Waals surface area contributed by atoms with E-state index in [0.717, 1.165) is 12.0 Å². The van der Waals surface area contributed by atoms with Gasteiger partial charge in [0.1, 0.15) is 0 Å².